The molecule has 0 aliphatic rings. The second-order valence-electron chi connectivity index (χ2n) is 9.21. The van der Waals surface area contributed by atoms with Crippen LogP contribution in [0.4, 0.5) is 39.5 Å². The van der Waals surface area contributed by atoms with E-state index in [1.54, 1.807) is 0 Å². The monoisotopic (exact) mass is 691 g/mol. The van der Waals surface area contributed by atoms with E-state index >= 15 is 4.39 Å². The maximum Gasteiger partial charge on any atom is 0.417 e. The van der Waals surface area contributed by atoms with Crippen LogP contribution in [0.2, 0.25) is 15.1 Å². The van der Waals surface area contributed by atoms with E-state index in [4.69, 9.17) is 34.8 Å². The van der Waals surface area contributed by atoms with Crippen molar-refractivity contribution in [3.05, 3.63) is 73.7 Å². The molecular weight excluding hydrogens is 672 g/mol. The Morgan fingerprint density at radius 1 is 0.976 bits per heavy atom. The standard InChI is InChI=1S/C25H21Cl3F9NO3S/c1-3-23(30,31)16(14-7-18(26)21(28)19(27)8-14)9-20(29)13-4-5-15(17(6-13)25(35,36)37)22(39)38-12(2)10-42(40,41)11-24(32,33)34/h4-9,12,16H,3,10-11H2,1-2H3,(H,38,39)/b20-9-. The molecule has 0 fully saturated rings. The number of rotatable bonds is 10. The van der Waals surface area contributed by atoms with Gasteiger partial charge in [-0.2, -0.15) is 26.3 Å². The fourth-order valence-electron chi connectivity index (χ4n) is 3.84. The highest BCUT2D eigenvalue weighted by atomic mass is 35.5. The van der Waals surface area contributed by atoms with Gasteiger partial charge in [0.15, 0.2) is 9.84 Å². The van der Waals surface area contributed by atoms with Crippen LogP contribution in [-0.4, -0.2) is 44.0 Å². The summed E-state index contributed by atoms with van der Waals surface area (Å²) in [6.07, 6.45) is -10.8. The zero-order chi connectivity index (χ0) is 32.4. The van der Waals surface area contributed by atoms with Crippen LogP contribution in [0.25, 0.3) is 5.83 Å². The van der Waals surface area contributed by atoms with Gasteiger partial charge in [0, 0.05) is 18.0 Å². The van der Waals surface area contributed by atoms with Crippen LogP contribution in [0.1, 0.15) is 53.2 Å². The number of benzene rings is 2. The molecule has 4 nitrogen and oxygen atoms in total. The molecule has 1 N–H and O–H groups in total. The molecule has 0 saturated heterocycles. The summed E-state index contributed by atoms with van der Waals surface area (Å²) >= 11 is 17.6. The molecule has 2 unspecified atom stereocenters. The zero-order valence-electron chi connectivity index (χ0n) is 21.4. The molecule has 2 atom stereocenters. The lowest BCUT2D eigenvalue weighted by Crippen LogP contribution is -2.40. The van der Waals surface area contributed by atoms with Crippen LogP contribution < -0.4 is 5.32 Å². The molecule has 0 heterocycles. The van der Waals surface area contributed by atoms with E-state index in [2.05, 4.69) is 0 Å². The topological polar surface area (TPSA) is 63.2 Å². The molecule has 0 aliphatic heterocycles. The van der Waals surface area contributed by atoms with Crippen molar-refractivity contribution in [3.8, 4) is 0 Å². The molecule has 42 heavy (non-hydrogen) atoms. The smallest absolute Gasteiger partial charge is 0.349 e. The molecular formula is C25H21Cl3F9NO3S. The molecule has 0 spiro atoms. The maximum atomic E-state index is 15.3. The average molecular weight is 693 g/mol. The largest absolute Gasteiger partial charge is 0.417 e. The number of hydrogen-bond acceptors (Lipinski definition) is 3. The van der Waals surface area contributed by atoms with Gasteiger partial charge in [0.2, 0.25) is 0 Å². The minimum Gasteiger partial charge on any atom is -0.349 e. The van der Waals surface area contributed by atoms with E-state index in [1.165, 1.54) is 0 Å². The highest BCUT2D eigenvalue weighted by Gasteiger charge is 2.40. The molecule has 2 aromatic carbocycles. The summed E-state index contributed by atoms with van der Waals surface area (Å²) in [7, 11) is -4.78. The maximum absolute atomic E-state index is 15.3. The second-order valence-corrected chi connectivity index (χ2v) is 12.5. The summed E-state index contributed by atoms with van der Waals surface area (Å²) in [6, 6.07) is 1.83. The predicted octanol–water partition coefficient (Wildman–Crippen LogP) is 8.90. The number of allylic oxidation sites excluding steroid dienone is 1. The predicted molar refractivity (Wildman–Crippen MR) is 142 cm³/mol. The zero-order valence-corrected chi connectivity index (χ0v) is 24.5. The van der Waals surface area contributed by atoms with Crippen molar-refractivity contribution in [1.29, 1.82) is 0 Å². The summed E-state index contributed by atoms with van der Waals surface area (Å²) < 4.78 is 147. The first-order valence-corrected chi connectivity index (χ1v) is 14.6. The number of sulfone groups is 1. The average Bonchev–Trinajstić information content (AvgIpc) is 2.82. The van der Waals surface area contributed by atoms with Crippen LogP contribution in [0.3, 0.4) is 0 Å². The van der Waals surface area contributed by atoms with Crippen LogP contribution >= 0.6 is 34.8 Å². The molecule has 0 radical (unpaired) electrons. The number of carbonyl (C=O) groups is 1. The van der Waals surface area contributed by atoms with Gasteiger partial charge in [-0.15, -0.1) is 0 Å². The fourth-order valence-corrected chi connectivity index (χ4v) is 5.91. The van der Waals surface area contributed by atoms with Crippen molar-refractivity contribution < 1.29 is 52.7 Å². The van der Waals surface area contributed by atoms with Gasteiger partial charge in [0.25, 0.3) is 11.8 Å². The minimum absolute atomic E-state index is 0.166. The van der Waals surface area contributed by atoms with E-state index < -0.39 is 86.4 Å². The van der Waals surface area contributed by atoms with Crippen LogP contribution in [-0.2, 0) is 16.0 Å². The third kappa shape index (κ3) is 9.68. The number of alkyl halides is 8. The van der Waals surface area contributed by atoms with Crippen molar-refractivity contribution in [2.24, 2.45) is 0 Å². The van der Waals surface area contributed by atoms with E-state index in [0.29, 0.717) is 18.2 Å². The Morgan fingerprint density at radius 3 is 2.00 bits per heavy atom. The van der Waals surface area contributed by atoms with Crippen molar-refractivity contribution >= 4 is 56.4 Å². The number of halogens is 12. The molecule has 0 saturated carbocycles. The Bertz CT molecular complexity index is 1440. The van der Waals surface area contributed by atoms with Gasteiger partial charge in [-0.3, -0.25) is 4.79 Å². The van der Waals surface area contributed by atoms with Gasteiger partial charge in [-0.1, -0.05) is 47.8 Å². The molecule has 2 rings (SSSR count). The molecule has 1 amide bonds. The minimum atomic E-state index is -5.29. The van der Waals surface area contributed by atoms with Crippen molar-refractivity contribution in [3.63, 3.8) is 0 Å². The van der Waals surface area contributed by atoms with Crippen LogP contribution in [0.5, 0.6) is 0 Å². The third-order valence-corrected chi connectivity index (χ3v) is 8.69. The molecule has 0 bridgehead atoms. The number of hydrogen-bond donors (Lipinski definition) is 1. The Balaban J connectivity index is 2.50. The number of carbonyl (C=O) groups excluding carboxylic acids is 1. The number of amides is 1. The van der Waals surface area contributed by atoms with Crippen LogP contribution in [0, 0.1) is 0 Å². The van der Waals surface area contributed by atoms with E-state index in [0.717, 1.165) is 26.0 Å². The lowest BCUT2D eigenvalue weighted by molar-refractivity contribution is -0.138. The summed E-state index contributed by atoms with van der Waals surface area (Å²) in [5.74, 6) is -12.2. The van der Waals surface area contributed by atoms with E-state index in [9.17, 15) is 48.3 Å². The van der Waals surface area contributed by atoms with Crippen molar-refractivity contribution in [2.45, 2.75) is 50.5 Å². The van der Waals surface area contributed by atoms with Crippen LogP contribution in [0.15, 0.2) is 36.4 Å². The SMILES string of the molecule is CCC(F)(F)C(/C=C(\F)c1ccc(C(=O)NC(C)CS(=O)(=O)CC(F)(F)F)c(C(F)(F)F)c1)c1cc(Cl)c(Cl)c(Cl)c1. The Kier molecular flexibility index (Phi) is 11.3. The lowest BCUT2D eigenvalue weighted by Gasteiger charge is -2.25. The lowest BCUT2D eigenvalue weighted by atomic mass is 9.89. The van der Waals surface area contributed by atoms with E-state index in [1.807, 2.05) is 5.32 Å². The first-order chi connectivity index (χ1) is 19.0. The van der Waals surface area contributed by atoms with Gasteiger partial charge in [-0.25, -0.2) is 21.6 Å². The fraction of sp³-hybridized carbons (Fsp3) is 0.400. The first-order valence-electron chi connectivity index (χ1n) is 11.7. The Hall–Kier alpha value is -2.16. The van der Waals surface area contributed by atoms with Gasteiger partial charge < -0.3 is 5.32 Å². The van der Waals surface area contributed by atoms with Gasteiger partial charge in [-0.05, 0) is 42.8 Å². The van der Waals surface area contributed by atoms with Gasteiger partial charge in [0.1, 0.15) is 11.6 Å². The quantitative estimate of drug-likeness (QED) is 0.200. The first kappa shape index (κ1) is 36.0. The normalized spacial score (nSPS) is 15.0. The highest BCUT2D eigenvalue weighted by Crippen LogP contribution is 2.43. The summed E-state index contributed by atoms with van der Waals surface area (Å²) in [4.78, 5) is 12.5. The summed E-state index contributed by atoms with van der Waals surface area (Å²) in [5.41, 5.74) is -3.98. The molecule has 2 aromatic rings. The molecule has 0 aromatic heterocycles. The van der Waals surface area contributed by atoms with Gasteiger partial charge in [0.05, 0.1) is 37.9 Å². The molecule has 17 heteroatoms. The highest BCUT2D eigenvalue weighted by molar-refractivity contribution is 7.91. The Morgan fingerprint density at radius 2 is 1.52 bits per heavy atom. The molecule has 0 aliphatic carbocycles. The van der Waals surface area contributed by atoms with Gasteiger partial charge >= 0.3 is 12.4 Å². The van der Waals surface area contributed by atoms with E-state index in [-0.39, 0.29) is 26.7 Å². The Labute approximate surface area is 249 Å². The van der Waals surface area contributed by atoms with Crippen molar-refractivity contribution in [1.82, 2.24) is 5.32 Å². The molecule has 234 valence electrons. The van der Waals surface area contributed by atoms with Crippen molar-refractivity contribution in [2.75, 3.05) is 11.5 Å². The number of nitrogens with one attached hydrogen (secondary N) is 1. The summed E-state index contributed by atoms with van der Waals surface area (Å²) in [6.45, 7) is 2.04. The second kappa shape index (κ2) is 13.2. The summed E-state index contributed by atoms with van der Waals surface area (Å²) in [5, 5.41) is 1.23. The third-order valence-electron chi connectivity index (χ3n) is 5.72.